The summed E-state index contributed by atoms with van der Waals surface area (Å²) in [6.45, 7) is 8.53. The second kappa shape index (κ2) is 6.20. The number of carbonyl (C=O) groups excluding carboxylic acids is 1. The molecule has 0 bridgehead atoms. The van der Waals surface area contributed by atoms with E-state index in [1.165, 1.54) is 11.1 Å². The molecule has 0 aromatic heterocycles. The van der Waals surface area contributed by atoms with Crippen LogP contribution in [-0.4, -0.2) is 31.6 Å². The van der Waals surface area contributed by atoms with Crippen LogP contribution in [0.25, 0.3) is 0 Å². The summed E-state index contributed by atoms with van der Waals surface area (Å²) in [5.41, 5.74) is 3.31. The monoisotopic (exact) mass is 263 g/mol. The third-order valence-corrected chi connectivity index (χ3v) is 3.91. The van der Waals surface area contributed by atoms with Gasteiger partial charge < -0.3 is 4.74 Å². The molecule has 0 fully saturated rings. The molecule has 1 rings (SSSR count). The lowest BCUT2D eigenvalue weighted by molar-refractivity contribution is -0.146. The average molecular weight is 263 g/mol. The topological polar surface area (TPSA) is 29.5 Å². The minimum Gasteiger partial charge on any atom is -0.466 e. The maximum absolute atomic E-state index is 11.8. The van der Waals surface area contributed by atoms with Crippen molar-refractivity contribution in [1.29, 1.82) is 0 Å². The summed E-state index contributed by atoms with van der Waals surface area (Å²) in [4.78, 5) is 13.9. The van der Waals surface area contributed by atoms with Crippen LogP contribution in [0.5, 0.6) is 0 Å². The third kappa shape index (κ3) is 3.57. The van der Waals surface area contributed by atoms with Crippen molar-refractivity contribution < 1.29 is 9.53 Å². The molecule has 0 aliphatic heterocycles. The van der Waals surface area contributed by atoms with Crippen molar-refractivity contribution in [2.75, 3.05) is 20.7 Å². The molecule has 1 atom stereocenters. The van der Waals surface area contributed by atoms with Gasteiger partial charge in [-0.15, -0.1) is 0 Å². The standard InChI is InChI=1S/C16H25NO2/c1-7-19-15(18)11-16(4,17(5)6)14-9-8-12(2)13(3)10-14/h8-10H,7,11H2,1-6H3. The Morgan fingerprint density at radius 1 is 1.26 bits per heavy atom. The van der Waals surface area contributed by atoms with Crippen LogP contribution in [0, 0.1) is 13.8 Å². The van der Waals surface area contributed by atoms with Gasteiger partial charge in [-0.05, 0) is 58.5 Å². The van der Waals surface area contributed by atoms with E-state index in [1.807, 2.05) is 21.0 Å². The van der Waals surface area contributed by atoms with Gasteiger partial charge >= 0.3 is 5.97 Å². The van der Waals surface area contributed by atoms with Gasteiger partial charge in [-0.3, -0.25) is 9.69 Å². The van der Waals surface area contributed by atoms with Gasteiger partial charge in [0.2, 0.25) is 0 Å². The maximum Gasteiger partial charge on any atom is 0.307 e. The zero-order valence-electron chi connectivity index (χ0n) is 12.9. The number of hydrogen-bond acceptors (Lipinski definition) is 3. The molecule has 3 heteroatoms. The van der Waals surface area contributed by atoms with Crippen molar-refractivity contribution in [1.82, 2.24) is 4.90 Å². The molecule has 0 N–H and O–H groups in total. The van der Waals surface area contributed by atoms with Crippen LogP contribution in [0.2, 0.25) is 0 Å². The Balaban J connectivity index is 3.10. The largest absolute Gasteiger partial charge is 0.466 e. The predicted octanol–water partition coefficient (Wildman–Crippen LogP) is 3.03. The third-order valence-electron chi connectivity index (χ3n) is 3.91. The average Bonchev–Trinajstić information content (AvgIpc) is 2.32. The molecule has 0 saturated heterocycles. The highest BCUT2D eigenvalue weighted by molar-refractivity contribution is 5.71. The predicted molar refractivity (Wildman–Crippen MR) is 78.2 cm³/mol. The van der Waals surface area contributed by atoms with E-state index >= 15 is 0 Å². The van der Waals surface area contributed by atoms with Crippen molar-refractivity contribution >= 4 is 5.97 Å². The molecule has 0 amide bonds. The molecule has 0 aliphatic carbocycles. The van der Waals surface area contributed by atoms with Gasteiger partial charge in [-0.1, -0.05) is 18.2 Å². The van der Waals surface area contributed by atoms with Crippen molar-refractivity contribution in [3.8, 4) is 0 Å². The van der Waals surface area contributed by atoms with E-state index in [1.54, 1.807) is 0 Å². The fourth-order valence-electron chi connectivity index (χ4n) is 2.09. The summed E-state index contributed by atoms with van der Waals surface area (Å²) in [6, 6.07) is 6.37. The van der Waals surface area contributed by atoms with E-state index in [-0.39, 0.29) is 11.5 Å². The van der Waals surface area contributed by atoms with Crippen LogP contribution in [-0.2, 0) is 15.1 Å². The van der Waals surface area contributed by atoms with Crippen LogP contribution in [0.1, 0.15) is 37.0 Å². The lowest BCUT2D eigenvalue weighted by Gasteiger charge is -2.36. The SMILES string of the molecule is CCOC(=O)CC(C)(c1ccc(C)c(C)c1)N(C)C. The summed E-state index contributed by atoms with van der Waals surface area (Å²) in [5.74, 6) is -0.156. The lowest BCUT2D eigenvalue weighted by atomic mass is 9.86. The fraction of sp³-hybridized carbons (Fsp3) is 0.562. The molecule has 0 radical (unpaired) electrons. The summed E-state index contributed by atoms with van der Waals surface area (Å²) in [7, 11) is 3.99. The Hall–Kier alpha value is -1.35. The minimum atomic E-state index is -0.343. The van der Waals surface area contributed by atoms with Crippen molar-refractivity contribution in [3.05, 3.63) is 34.9 Å². The first-order valence-corrected chi connectivity index (χ1v) is 6.72. The van der Waals surface area contributed by atoms with Gasteiger partial charge in [0.25, 0.3) is 0 Å². The highest BCUT2D eigenvalue weighted by Gasteiger charge is 2.32. The van der Waals surface area contributed by atoms with Gasteiger partial charge in [0, 0.05) is 0 Å². The Bertz CT molecular complexity index is 454. The number of carbonyl (C=O) groups is 1. The second-order valence-corrected chi connectivity index (χ2v) is 5.45. The highest BCUT2D eigenvalue weighted by Crippen LogP contribution is 2.31. The molecule has 0 heterocycles. The normalized spacial score (nSPS) is 14.3. The molecule has 0 spiro atoms. The Labute approximate surface area is 116 Å². The summed E-state index contributed by atoms with van der Waals surface area (Å²) in [5, 5.41) is 0. The Morgan fingerprint density at radius 2 is 1.89 bits per heavy atom. The van der Waals surface area contributed by atoms with E-state index in [0.29, 0.717) is 13.0 Å². The molecular formula is C16H25NO2. The van der Waals surface area contributed by atoms with Gasteiger partial charge in [-0.25, -0.2) is 0 Å². The molecule has 0 saturated carbocycles. The molecular weight excluding hydrogens is 238 g/mol. The second-order valence-electron chi connectivity index (χ2n) is 5.45. The molecule has 1 aromatic rings. The summed E-state index contributed by atoms with van der Waals surface area (Å²) >= 11 is 0. The molecule has 0 aliphatic rings. The summed E-state index contributed by atoms with van der Waals surface area (Å²) < 4.78 is 5.10. The smallest absolute Gasteiger partial charge is 0.307 e. The molecule has 106 valence electrons. The first-order valence-electron chi connectivity index (χ1n) is 6.72. The number of nitrogens with zero attached hydrogens (tertiary/aromatic N) is 1. The zero-order chi connectivity index (χ0) is 14.6. The van der Waals surface area contributed by atoms with E-state index in [2.05, 4.69) is 43.9 Å². The van der Waals surface area contributed by atoms with E-state index in [4.69, 9.17) is 4.74 Å². The lowest BCUT2D eigenvalue weighted by Crippen LogP contribution is -2.41. The van der Waals surface area contributed by atoms with Crippen molar-refractivity contribution in [3.63, 3.8) is 0 Å². The minimum absolute atomic E-state index is 0.156. The van der Waals surface area contributed by atoms with Crippen molar-refractivity contribution in [2.45, 2.75) is 39.7 Å². The quantitative estimate of drug-likeness (QED) is 0.765. The molecule has 19 heavy (non-hydrogen) atoms. The number of aryl methyl sites for hydroxylation is 2. The first kappa shape index (κ1) is 15.7. The zero-order valence-corrected chi connectivity index (χ0v) is 12.9. The number of ether oxygens (including phenoxy) is 1. The van der Waals surface area contributed by atoms with E-state index in [9.17, 15) is 4.79 Å². The Morgan fingerprint density at radius 3 is 2.37 bits per heavy atom. The summed E-state index contributed by atoms with van der Waals surface area (Å²) in [6.07, 6.45) is 0.357. The number of esters is 1. The Kier molecular flexibility index (Phi) is 5.12. The van der Waals surface area contributed by atoms with Gasteiger partial charge in [0.15, 0.2) is 0 Å². The van der Waals surface area contributed by atoms with Crippen LogP contribution >= 0.6 is 0 Å². The van der Waals surface area contributed by atoms with Gasteiger partial charge in [-0.2, -0.15) is 0 Å². The number of benzene rings is 1. The molecule has 3 nitrogen and oxygen atoms in total. The van der Waals surface area contributed by atoms with Crippen LogP contribution < -0.4 is 0 Å². The molecule has 1 aromatic carbocycles. The van der Waals surface area contributed by atoms with Gasteiger partial charge in [0.05, 0.1) is 18.6 Å². The fourth-order valence-corrected chi connectivity index (χ4v) is 2.09. The maximum atomic E-state index is 11.8. The highest BCUT2D eigenvalue weighted by atomic mass is 16.5. The van der Waals surface area contributed by atoms with Crippen LogP contribution in [0.15, 0.2) is 18.2 Å². The molecule has 1 unspecified atom stereocenters. The number of hydrogen-bond donors (Lipinski definition) is 0. The van der Waals surface area contributed by atoms with Crippen molar-refractivity contribution in [2.24, 2.45) is 0 Å². The van der Waals surface area contributed by atoms with Crippen LogP contribution in [0.4, 0.5) is 0 Å². The van der Waals surface area contributed by atoms with E-state index in [0.717, 1.165) is 5.56 Å². The number of rotatable bonds is 5. The van der Waals surface area contributed by atoms with Crippen LogP contribution in [0.3, 0.4) is 0 Å². The van der Waals surface area contributed by atoms with E-state index < -0.39 is 0 Å². The van der Waals surface area contributed by atoms with Gasteiger partial charge in [0.1, 0.15) is 0 Å². The first-order chi connectivity index (χ1) is 8.81.